The molecule has 0 fully saturated rings. The van der Waals surface area contributed by atoms with Gasteiger partial charge in [0.25, 0.3) is 0 Å². The number of nitrogens with zero attached hydrogens (tertiary/aromatic N) is 3. The van der Waals surface area contributed by atoms with Crippen LogP contribution in [0, 0.1) is 6.92 Å². The molecule has 21 heavy (non-hydrogen) atoms. The van der Waals surface area contributed by atoms with E-state index in [1.54, 1.807) is 18.0 Å². The van der Waals surface area contributed by atoms with Crippen LogP contribution in [0.3, 0.4) is 0 Å². The van der Waals surface area contributed by atoms with Crippen molar-refractivity contribution in [3.05, 3.63) is 34.2 Å². The average molecular weight is 301 g/mol. The Kier molecular flexibility index (Phi) is 3.32. The minimum Gasteiger partial charge on any atom is -0.507 e. The molecular weight excluding hydrogens is 282 g/mol. The number of phenolic OH excluding ortho intramolecular Hbond substituents is 1. The highest BCUT2D eigenvalue weighted by Gasteiger charge is 2.27. The van der Waals surface area contributed by atoms with Gasteiger partial charge >= 0.3 is 0 Å². The second-order valence-electron chi connectivity index (χ2n) is 6.29. The van der Waals surface area contributed by atoms with Crippen LogP contribution in [-0.2, 0) is 5.41 Å². The Hall–Kier alpha value is -1.75. The van der Waals surface area contributed by atoms with E-state index in [-0.39, 0.29) is 5.41 Å². The highest BCUT2D eigenvalue weighted by molar-refractivity contribution is 8.16. The average Bonchev–Trinajstić information content (AvgIpc) is 2.84. The van der Waals surface area contributed by atoms with E-state index < -0.39 is 0 Å². The molecule has 0 saturated heterocycles. The van der Waals surface area contributed by atoms with Crippen LogP contribution in [0.15, 0.2) is 27.6 Å². The summed E-state index contributed by atoms with van der Waals surface area (Å²) in [5.41, 5.74) is 3.80. The zero-order valence-corrected chi connectivity index (χ0v) is 13.5. The van der Waals surface area contributed by atoms with Gasteiger partial charge in [0.05, 0.1) is 12.2 Å². The summed E-state index contributed by atoms with van der Waals surface area (Å²) in [4.78, 5) is 4.43. The number of phenols is 1. The Morgan fingerprint density at radius 1 is 1.29 bits per heavy atom. The van der Waals surface area contributed by atoms with Crippen LogP contribution in [0.2, 0.25) is 0 Å². The van der Waals surface area contributed by atoms with Gasteiger partial charge in [-0.1, -0.05) is 32.5 Å². The first kappa shape index (κ1) is 14.2. The molecule has 1 N–H and O–H groups in total. The number of thioether (sulfide) groups is 1. The normalized spacial score (nSPS) is 17.6. The van der Waals surface area contributed by atoms with E-state index in [1.807, 2.05) is 18.0 Å². The van der Waals surface area contributed by atoms with Crippen LogP contribution >= 0.6 is 11.8 Å². The molecule has 2 heterocycles. The Morgan fingerprint density at radius 3 is 2.76 bits per heavy atom. The van der Waals surface area contributed by atoms with Crippen LogP contribution in [0.4, 0.5) is 0 Å². The number of aryl methyl sites for hydroxylation is 1. The van der Waals surface area contributed by atoms with E-state index in [9.17, 15) is 5.11 Å². The molecule has 0 bridgehead atoms. The minimum absolute atomic E-state index is 0.112. The molecule has 0 atom stereocenters. The minimum atomic E-state index is -0.112. The van der Waals surface area contributed by atoms with Crippen LogP contribution in [-0.4, -0.2) is 28.0 Å². The second-order valence-corrected chi connectivity index (χ2v) is 7.13. The summed E-state index contributed by atoms with van der Waals surface area (Å²) in [6, 6.07) is 4.06. The Labute approximate surface area is 129 Å². The molecule has 2 aliphatic heterocycles. The summed E-state index contributed by atoms with van der Waals surface area (Å²) < 4.78 is 0. The summed E-state index contributed by atoms with van der Waals surface area (Å²) in [5, 5.41) is 19.6. The summed E-state index contributed by atoms with van der Waals surface area (Å²) >= 11 is 1.59. The first-order valence-corrected chi connectivity index (χ1v) is 7.84. The maximum Gasteiger partial charge on any atom is 0.189 e. The van der Waals surface area contributed by atoms with E-state index in [0.717, 1.165) is 27.6 Å². The number of rotatable bonds is 1. The van der Waals surface area contributed by atoms with Gasteiger partial charge in [-0.15, -0.1) is 0 Å². The van der Waals surface area contributed by atoms with Gasteiger partial charge in [-0.3, -0.25) is 4.99 Å². The smallest absolute Gasteiger partial charge is 0.189 e. The number of hydrazone groups is 1. The molecule has 0 aromatic heterocycles. The van der Waals surface area contributed by atoms with Crippen LogP contribution < -0.4 is 0 Å². The van der Waals surface area contributed by atoms with E-state index >= 15 is 0 Å². The maximum absolute atomic E-state index is 10.3. The molecule has 2 aliphatic rings. The topological polar surface area (TPSA) is 48.2 Å². The van der Waals surface area contributed by atoms with Crippen molar-refractivity contribution in [3.63, 3.8) is 0 Å². The number of amidine groups is 1. The fourth-order valence-corrected chi connectivity index (χ4v) is 3.30. The van der Waals surface area contributed by atoms with Crippen molar-refractivity contribution >= 4 is 28.8 Å². The number of hydrogen-bond acceptors (Lipinski definition) is 5. The molecular formula is C16H19N3OS. The lowest BCUT2D eigenvalue weighted by molar-refractivity contribution is 0.442. The molecule has 0 spiro atoms. The van der Waals surface area contributed by atoms with Crippen molar-refractivity contribution in [1.29, 1.82) is 0 Å². The predicted octanol–water partition coefficient (Wildman–Crippen LogP) is 3.70. The van der Waals surface area contributed by atoms with Gasteiger partial charge in [0.1, 0.15) is 5.75 Å². The van der Waals surface area contributed by atoms with Crippen molar-refractivity contribution in [2.24, 2.45) is 10.1 Å². The van der Waals surface area contributed by atoms with Gasteiger partial charge in [-0.25, -0.2) is 5.01 Å². The number of benzene rings is 1. The van der Waals surface area contributed by atoms with Crippen LogP contribution in [0.25, 0.3) is 5.70 Å². The van der Waals surface area contributed by atoms with E-state index in [2.05, 4.69) is 42.3 Å². The number of aromatic hydroxyl groups is 1. The van der Waals surface area contributed by atoms with Crippen molar-refractivity contribution in [3.8, 4) is 5.75 Å². The zero-order valence-electron chi connectivity index (χ0n) is 12.7. The third-order valence-corrected chi connectivity index (χ3v) is 4.45. The van der Waals surface area contributed by atoms with Crippen molar-refractivity contribution in [1.82, 2.24) is 5.01 Å². The monoisotopic (exact) mass is 301 g/mol. The Morgan fingerprint density at radius 2 is 2.05 bits per heavy atom. The van der Waals surface area contributed by atoms with Gasteiger partial charge in [0, 0.05) is 22.7 Å². The molecule has 110 valence electrons. The van der Waals surface area contributed by atoms with Gasteiger partial charge in [-0.05, 0) is 30.0 Å². The standard InChI is InChI=1S/C16H19N3OS/c1-10-7-11(8-12(14(10)20)16(2,3)4)13-9-21-15-17-5-6-18-19(13)15/h6-9,20H,5H2,1-4H3. The van der Waals surface area contributed by atoms with Crippen LogP contribution in [0.1, 0.15) is 37.5 Å². The van der Waals surface area contributed by atoms with Crippen LogP contribution in [0.5, 0.6) is 5.75 Å². The molecule has 0 radical (unpaired) electrons. The number of aliphatic imine (C=N–C) groups is 1. The fraction of sp³-hybridized carbons (Fsp3) is 0.375. The third-order valence-electron chi connectivity index (χ3n) is 3.59. The first-order valence-electron chi connectivity index (χ1n) is 6.96. The lowest BCUT2D eigenvalue weighted by atomic mass is 9.84. The summed E-state index contributed by atoms with van der Waals surface area (Å²) in [6.07, 6.45) is 1.81. The van der Waals surface area contributed by atoms with Crippen molar-refractivity contribution < 1.29 is 5.11 Å². The van der Waals surface area contributed by atoms with Gasteiger partial charge in [0.15, 0.2) is 5.17 Å². The molecule has 0 amide bonds. The summed E-state index contributed by atoms with van der Waals surface area (Å²) in [6.45, 7) is 8.89. The molecule has 1 aromatic carbocycles. The number of fused-ring (bicyclic) bond motifs is 1. The fourth-order valence-electron chi connectivity index (χ4n) is 2.45. The van der Waals surface area contributed by atoms with Crippen molar-refractivity contribution in [2.45, 2.75) is 33.1 Å². The molecule has 0 unspecified atom stereocenters. The lowest BCUT2D eigenvalue weighted by Crippen LogP contribution is -2.22. The highest BCUT2D eigenvalue weighted by atomic mass is 32.2. The lowest BCUT2D eigenvalue weighted by Gasteiger charge is -2.24. The molecule has 0 saturated carbocycles. The van der Waals surface area contributed by atoms with Gasteiger partial charge in [-0.2, -0.15) is 5.10 Å². The summed E-state index contributed by atoms with van der Waals surface area (Å²) in [5.74, 6) is 0.383. The number of hydrogen-bond donors (Lipinski definition) is 1. The Balaban J connectivity index is 2.08. The molecule has 0 aliphatic carbocycles. The predicted molar refractivity (Wildman–Crippen MR) is 89.7 cm³/mol. The third kappa shape index (κ3) is 2.46. The van der Waals surface area contributed by atoms with E-state index in [0.29, 0.717) is 12.3 Å². The Bertz CT molecular complexity index is 683. The quantitative estimate of drug-likeness (QED) is 0.860. The summed E-state index contributed by atoms with van der Waals surface area (Å²) in [7, 11) is 0. The second kappa shape index (κ2) is 4.91. The maximum atomic E-state index is 10.3. The van der Waals surface area contributed by atoms with Gasteiger partial charge in [0.2, 0.25) is 0 Å². The van der Waals surface area contributed by atoms with E-state index in [1.165, 1.54) is 0 Å². The largest absolute Gasteiger partial charge is 0.507 e. The molecule has 3 rings (SSSR count). The SMILES string of the molecule is Cc1cc(C2=CSC3=NCC=NN23)cc(C(C)(C)C)c1O. The zero-order chi connectivity index (χ0) is 15.2. The molecule has 1 aromatic rings. The van der Waals surface area contributed by atoms with E-state index in [4.69, 9.17) is 0 Å². The molecule has 4 nitrogen and oxygen atoms in total. The van der Waals surface area contributed by atoms with Gasteiger partial charge < -0.3 is 5.11 Å². The first-order chi connectivity index (χ1) is 9.88. The van der Waals surface area contributed by atoms with Crippen molar-refractivity contribution in [2.75, 3.05) is 6.54 Å². The highest BCUT2D eigenvalue weighted by Crippen LogP contribution is 2.40. The molecule has 5 heteroatoms.